The van der Waals surface area contributed by atoms with Crippen molar-refractivity contribution in [3.8, 4) is 0 Å². The van der Waals surface area contributed by atoms with E-state index in [-0.39, 0.29) is 0 Å². The zero-order valence-electron chi connectivity index (χ0n) is 12.8. The fraction of sp³-hybridized carbons (Fsp3) is 1.00. The highest BCUT2D eigenvalue weighted by Crippen LogP contribution is 2.34. The molecule has 3 atom stereocenters. The number of nitrogens with zero attached hydrogens (tertiary/aromatic N) is 2. The summed E-state index contributed by atoms with van der Waals surface area (Å²) in [5.74, 6) is 0.969. The van der Waals surface area contributed by atoms with E-state index in [0.29, 0.717) is 0 Å². The molecule has 3 aliphatic rings. The summed E-state index contributed by atoms with van der Waals surface area (Å²) in [7, 11) is 0. The molecule has 1 saturated carbocycles. The van der Waals surface area contributed by atoms with Gasteiger partial charge < -0.3 is 5.32 Å². The highest BCUT2D eigenvalue weighted by atomic mass is 15.3. The molecule has 1 N–H and O–H groups in total. The Labute approximate surface area is 118 Å². The summed E-state index contributed by atoms with van der Waals surface area (Å²) in [5.41, 5.74) is 0. The quantitative estimate of drug-likeness (QED) is 0.819. The molecule has 0 aromatic carbocycles. The number of piperazine rings is 1. The largest absolute Gasteiger partial charge is 0.313 e. The maximum atomic E-state index is 3.73. The van der Waals surface area contributed by atoms with E-state index in [1.165, 1.54) is 58.3 Å². The molecule has 3 rings (SSSR count). The first-order valence-corrected chi connectivity index (χ1v) is 8.49. The molecule has 0 aromatic heterocycles. The monoisotopic (exact) mass is 265 g/mol. The molecule has 110 valence electrons. The summed E-state index contributed by atoms with van der Waals surface area (Å²) < 4.78 is 0. The number of likely N-dealkylation sites (N-methyl/N-ethyl adjacent to an activating group) is 1. The van der Waals surface area contributed by atoms with Gasteiger partial charge in [-0.25, -0.2) is 0 Å². The number of hydrogen-bond donors (Lipinski definition) is 1. The Balaban J connectivity index is 1.57. The van der Waals surface area contributed by atoms with Crippen molar-refractivity contribution in [3.63, 3.8) is 0 Å². The summed E-state index contributed by atoms with van der Waals surface area (Å²) in [4.78, 5) is 5.53. The van der Waals surface area contributed by atoms with E-state index in [0.717, 1.165) is 30.6 Å². The standard InChI is InChI=1S/C16H31N3/c1-3-17-16(14-7-8-14)12-19-11-15-6-4-5-9-18(15)10-13(19)2/h13-17H,3-12H2,1-2H3. The van der Waals surface area contributed by atoms with E-state index in [2.05, 4.69) is 29.0 Å². The summed E-state index contributed by atoms with van der Waals surface area (Å²) in [6.45, 7) is 11.0. The summed E-state index contributed by atoms with van der Waals surface area (Å²) in [6.07, 6.45) is 7.21. The van der Waals surface area contributed by atoms with E-state index in [4.69, 9.17) is 0 Å². The zero-order valence-corrected chi connectivity index (χ0v) is 12.8. The first-order valence-electron chi connectivity index (χ1n) is 8.49. The molecule has 3 unspecified atom stereocenters. The molecule has 0 bridgehead atoms. The minimum Gasteiger partial charge on any atom is -0.313 e. The van der Waals surface area contributed by atoms with E-state index in [1.54, 1.807) is 0 Å². The van der Waals surface area contributed by atoms with E-state index in [9.17, 15) is 0 Å². The van der Waals surface area contributed by atoms with Gasteiger partial charge in [-0.1, -0.05) is 13.3 Å². The molecular formula is C16H31N3. The minimum atomic E-state index is 0.745. The highest BCUT2D eigenvalue weighted by molar-refractivity contribution is 4.94. The normalized spacial score (nSPS) is 35.1. The SMILES string of the molecule is CCNC(CN1CC2CCCCN2CC1C)C1CC1. The zero-order chi connectivity index (χ0) is 13.2. The number of nitrogens with one attached hydrogen (secondary N) is 1. The molecule has 0 radical (unpaired) electrons. The van der Waals surface area contributed by atoms with Crippen molar-refractivity contribution >= 4 is 0 Å². The van der Waals surface area contributed by atoms with Crippen LogP contribution in [0.1, 0.15) is 46.0 Å². The molecule has 2 saturated heterocycles. The van der Waals surface area contributed by atoms with Crippen LogP contribution >= 0.6 is 0 Å². The van der Waals surface area contributed by atoms with Gasteiger partial charge in [-0.05, 0) is 51.6 Å². The first-order chi connectivity index (χ1) is 9.28. The molecule has 19 heavy (non-hydrogen) atoms. The molecule has 3 heteroatoms. The Morgan fingerprint density at radius 2 is 2.00 bits per heavy atom. The van der Waals surface area contributed by atoms with Crippen LogP contribution < -0.4 is 5.32 Å². The molecular weight excluding hydrogens is 234 g/mol. The lowest BCUT2D eigenvalue weighted by Crippen LogP contribution is -2.60. The van der Waals surface area contributed by atoms with Crippen LogP contribution in [0.15, 0.2) is 0 Å². The Bertz CT molecular complexity index is 290. The topological polar surface area (TPSA) is 18.5 Å². The molecule has 3 fully saturated rings. The molecule has 1 aliphatic carbocycles. The molecule has 2 aliphatic heterocycles. The van der Waals surface area contributed by atoms with E-state index >= 15 is 0 Å². The Morgan fingerprint density at radius 1 is 1.16 bits per heavy atom. The number of fused-ring (bicyclic) bond motifs is 1. The molecule has 3 nitrogen and oxygen atoms in total. The van der Waals surface area contributed by atoms with Gasteiger partial charge >= 0.3 is 0 Å². The van der Waals surface area contributed by atoms with Crippen LogP contribution in [-0.4, -0.2) is 60.6 Å². The minimum absolute atomic E-state index is 0.745. The third-order valence-corrected chi connectivity index (χ3v) is 5.40. The van der Waals surface area contributed by atoms with Crippen molar-refractivity contribution in [1.29, 1.82) is 0 Å². The van der Waals surface area contributed by atoms with Crippen LogP contribution in [0.3, 0.4) is 0 Å². The summed E-state index contributed by atoms with van der Waals surface area (Å²) in [5, 5.41) is 3.73. The molecule has 0 spiro atoms. The lowest BCUT2D eigenvalue weighted by molar-refractivity contribution is 0.00972. The van der Waals surface area contributed by atoms with E-state index in [1.807, 2.05) is 0 Å². The number of piperidine rings is 1. The van der Waals surface area contributed by atoms with Gasteiger partial charge in [0.15, 0.2) is 0 Å². The second-order valence-corrected chi connectivity index (χ2v) is 6.95. The van der Waals surface area contributed by atoms with Crippen molar-refractivity contribution < 1.29 is 0 Å². The van der Waals surface area contributed by atoms with Gasteiger partial charge in [0.05, 0.1) is 0 Å². The van der Waals surface area contributed by atoms with Gasteiger partial charge in [-0.2, -0.15) is 0 Å². The smallest absolute Gasteiger partial charge is 0.0223 e. The maximum absolute atomic E-state index is 3.73. The van der Waals surface area contributed by atoms with Crippen molar-refractivity contribution in [1.82, 2.24) is 15.1 Å². The highest BCUT2D eigenvalue weighted by Gasteiger charge is 2.37. The third kappa shape index (κ3) is 3.32. The Morgan fingerprint density at radius 3 is 2.74 bits per heavy atom. The third-order valence-electron chi connectivity index (χ3n) is 5.40. The van der Waals surface area contributed by atoms with Gasteiger partial charge in [0.25, 0.3) is 0 Å². The predicted octanol–water partition coefficient (Wildman–Crippen LogP) is 1.93. The summed E-state index contributed by atoms with van der Waals surface area (Å²) >= 11 is 0. The van der Waals surface area contributed by atoms with Gasteiger partial charge in [-0.15, -0.1) is 0 Å². The van der Waals surface area contributed by atoms with Crippen LogP contribution in [0.25, 0.3) is 0 Å². The van der Waals surface area contributed by atoms with Gasteiger partial charge in [0.1, 0.15) is 0 Å². The first kappa shape index (κ1) is 13.8. The predicted molar refractivity (Wildman–Crippen MR) is 80.4 cm³/mol. The van der Waals surface area contributed by atoms with Gasteiger partial charge in [-0.3, -0.25) is 9.80 Å². The summed E-state index contributed by atoms with van der Waals surface area (Å²) in [6, 6.07) is 2.35. The van der Waals surface area contributed by atoms with Crippen LogP contribution in [0.5, 0.6) is 0 Å². The van der Waals surface area contributed by atoms with Gasteiger partial charge in [0, 0.05) is 37.8 Å². The van der Waals surface area contributed by atoms with Crippen molar-refractivity contribution in [3.05, 3.63) is 0 Å². The molecule has 0 aromatic rings. The number of rotatable bonds is 5. The fourth-order valence-corrected chi connectivity index (χ4v) is 4.06. The lowest BCUT2D eigenvalue weighted by Gasteiger charge is -2.48. The molecule has 0 amide bonds. The number of hydrogen-bond acceptors (Lipinski definition) is 3. The van der Waals surface area contributed by atoms with Gasteiger partial charge in [0.2, 0.25) is 0 Å². The van der Waals surface area contributed by atoms with Crippen LogP contribution in [0.2, 0.25) is 0 Å². The fourth-order valence-electron chi connectivity index (χ4n) is 4.06. The van der Waals surface area contributed by atoms with Crippen molar-refractivity contribution in [2.45, 2.75) is 64.1 Å². The van der Waals surface area contributed by atoms with Crippen LogP contribution in [-0.2, 0) is 0 Å². The average molecular weight is 265 g/mol. The Kier molecular flexibility index (Phi) is 4.45. The second kappa shape index (κ2) is 6.11. The van der Waals surface area contributed by atoms with Crippen LogP contribution in [0, 0.1) is 5.92 Å². The maximum Gasteiger partial charge on any atom is 0.0223 e. The molecule has 2 heterocycles. The van der Waals surface area contributed by atoms with E-state index < -0.39 is 0 Å². The van der Waals surface area contributed by atoms with Crippen molar-refractivity contribution in [2.24, 2.45) is 5.92 Å². The Hall–Kier alpha value is -0.120. The van der Waals surface area contributed by atoms with Crippen molar-refractivity contribution in [2.75, 3.05) is 32.7 Å². The average Bonchev–Trinajstić information content (AvgIpc) is 3.23. The second-order valence-electron chi connectivity index (χ2n) is 6.95. The lowest BCUT2D eigenvalue weighted by atomic mass is 9.96. The van der Waals surface area contributed by atoms with Crippen LogP contribution in [0.4, 0.5) is 0 Å².